The van der Waals surface area contributed by atoms with Crippen LogP contribution in [-0.4, -0.2) is 72.4 Å². The number of piperidine rings is 1. The van der Waals surface area contributed by atoms with Crippen molar-refractivity contribution in [1.82, 2.24) is 34.3 Å². The van der Waals surface area contributed by atoms with Crippen LogP contribution in [0.3, 0.4) is 0 Å². The quantitative estimate of drug-likeness (QED) is 0.561. The molecular formula is C24H26F3N7O. The van der Waals surface area contributed by atoms with Crippen molar-refractivity contribution < 1.29 is 18.0 Å². The summed E-state index contributed by atoms with van der Waals surface area (Å²) in [6, 6.07) is 2.74. The maximum Gasteiger partial charge on any atom is 0.433 e. The molecule has 0 spiro atoms. The molecule has 5 rings (SSSR count). The summed E-state index contributed by atoms with van der Waals surface area (Å²) in [5.41, 5.74) is 0.711. The summed E-state index contributed by atoms with van der Waals surface area (Å²) in [5, 5.41) is 0. The van der Waals surface area contributed by atoms with Crippen LogP contribution in [0.5, 0.6) is 0 Å². The number of pyridine rings is 1. The molecule has 2 aliphatic rings. The molecule has 35 heavy (non-hydrogen) atoms. The molecule has 0 radical (unpaired) electrons. The van der Waals surface area contributed by atoms with E-state index < -0.39 is 11.9 Å². The van der Waals surface area contributed by atoms with Crippen molar-refractivity contribution in [2.45, 2.75) is 37.9 Å². The number of hydrogen-bond acceptors (Lipinski definition) is 6. The summed E-state index contributed by atoms with van der Waals surface area (Å²) in [4.78, 5) is 34.4. The number of likely N-dealkylation sites (tertiary alicyclic amines) is 2. The number of alkyl halides is 3. The lowest BCUT2D eigenvalue weighted by Gasteiger charge is -2.36. The van der Waals surface area contributed by atoms with Crippen molar-refractivity contribution >= 4 is 5.91 Å². The molecule has 5 heterocycles. The average Bonchev–Trinajstić information content (AvgIpc) is 3.52. The van der Waals surface area contributed by atoms with E-state index >= 15 is 0 Å². The Balaban J connectivity index is 1.46. The van der Waals surface area contributed by atoms with Gasteiger partial charge in [0.25, 0.3) is 5.91 Å². The Kier molecular flexibility index (Phi) is 6.26. The van der Waals surface area contributed by atoms with E-state index in [1.165, 1.54) is 25.2 Å². The van der Waals surface area contributed by atoms with Crippen molar-refractivity contribution in [3.8, 4) is 22.6 Å². The maximum atomic E-state index is 13.7. The van der Waals surface area contributed by atoms with Crippen molar-refractivity contribution in [2.24, 2.45) is 7.05 Å². The largest absolute Gasteiger partial charge is 0.433 e. The molecule has 2 aliphatic heterocycles. The predicted octanol–water partition coefficient (Wildman–Crippen LogP) is 3.66. The standard InChI is InChI=1S/C24H26F3N7O/c1-32-21(23(35)34-10-6-18(7-11-34)33-8-2-3-9-33)20(17-12-28-15-29-13-17)31-22(32)16-4-5-19(30-14-16)24(25,26)27/h4-5,12-15,18H,2-3,6-11H2,1H3. The molecule has 0 atom stereocenters. The number of aromatic nitrogens is 5. The summed E-state index contributed by atoms with van der Waals surface area (Å²) in [7, 11) is 1.69. The summed E-state index contributed by atoms with van der Waals surface area (Å²) < 4.78 is 40.6. The van der Waals surface area contributed by atoms with Gasteiger partial charge in [-0.15, -0.1) is 0 Å². The highest BCUT2D eigenvalue weighted by atomic mass is 19.4. The monoisotopic (exact) mass is 485 g/mol. The van der Waals surface area contributed by atoms with Gasteiger partial charge in [-0.25, -0.2) is 15.0 Å². The first kappa shape index (κ1) is 23.4. The van der Waals surface area contributed by atoms with Crippen LogP contribution in [-0.2, 0) is 13.2 Å². The maximum absolute atomic E-state index is 13.7. The van der Waals surface area contributed by atoms with Crippen LogP contribution in [0.2, 0.25) is 0 Å². The summed E-state index contributed by atoms with van der Waals surface area (Å²) in [5.74, 6) is 0.185. The SMILES string of the molecule is Cn1c(-c2ccc(C(F)(F)F)nc2)nc(-c2cncnc2)c1C(=O)N1CCC(N2CCCC2)CC1. The molecule has 0 N–H and O–H groups in total. The normalized spacial score (nSPS) is 17.8. The predicted molar refractivity (Wildman–Crippen MR) is 122 cm³/mol. The third kappa shape index (κ3) is 4.64. The third-order valence-corrected chi connectivity index (χ3v) is 6.85. The van der Waals surface area contributed by atoms with Gasteiger partial charge >= 0.3 is 6.18 Å². The number of carbonyl (C=O) groups is 1. The number of imidazole rings is 1. The van der Waals surface area contributed by atoms with Gasteiger partial charge in [0.1, 0.15) is 29.2 Å². The molecule has 2 saturated heterocycles. The summed E-state index contributed by atoms with van der Waals surface area (Å²) in [6.45, 7) is 3.55. The second-order valence-electron chi connectivity index (χ2n) is 9.02. The topological polar surface area (TPSA) is 80.0 Å². The van der Waals surface area contributed by atoms with Gasteiger partial charge in [0.15, 0.2) is 0 Å². The zero-order valence-corrected chi connectivity index (χ0v) is 19.4. The molecule has 1 amide bonds. The Morgan fingerprint density at radius 1 is 0.971 bits per heavy atom. The smallest absolute Gasteiger partial charge is 0.337 e. The van der Waals surface area contributed by atoms with Crippen LogP contribution in [0.1, 0.15) is 41.9 Å². The van der Waals surface area contributed by atoms with E-state index in [-0.39, 0.29) is 5.91 Å². The highest BCUT2D eigenvalue weighted by Crippen LogP contribution is 2.32. The Hall–Kier alpha value is -3.34. The van der Waals surface area contributed by atoms with Crippen molar-refractivity contribution in [3.05, 3.63) is 48.4 Å². The van der Waals surface area contributed by atoms with Crippen molar-refractivity contribution in [3.63, 3.8) is 0 Å². The van der Waals surface area contributed by atoms with Gasteiger partial charge in [0, 0.05) is 55.9 Å². The number of nitrogens with zero attached hydrogens (tertiary/aromatic N) is 7. The second kappa shape index (κ2) is 9.37. The Morgan fingerprint density at radius 3 is 2.26 bits per heavy atom. The molecule has 0 aliphatic carbocycles. The first-order valence-electron chi connectivity index (χ1n) is 11.7. The van der Waals surface area contributed by atoms with Crippen LogP contribution >= 0.6 is 0 Å². The molecule has 0 saturated carbocycles. The van der Waals surface area contributed by atoms with E-state index in [0.29, 0.717) is 47.5 Å². The van der Waals surface area contributed by atoms with E-state index in [1.807, 2.05) is 4.90 Å². The van der Waals surface area contributed by atoms with E-state index in [9.17, 15) is 18.0 Å². The number of hydrogen-bond donors (Lipinski definition) is 0. The lowest BCUT2D eigenvalue weighted by Crippen LogP contribution is -2.46. The number of carbonyl (C=O) groups excluding carboxylic acids is 1. The van der Waals surface area contributed by atoms with Gasteiger partial charge in [0.2, 0.25) is 0 Å². The minimum absolute atomic E-state index is 0.162. The molecule has 3 aromatic heterocycles. The van der Waals surface area contributed by atoms with Crippen LogP contribution < -0.4 is 0 Å². The van der Waals surface area contributed by atoms with Gasteiger partial charge in [-0.05, 0) is 50.9 Å². The molecule has 0 aromatic carbocycles. The first-order chi connectivity index (χ1) is 16.8. The second-order valence-corrected chi connectivity index (χ2v) is 9.02. The Morgan fingerprint density at radius 2 is 1.66 bits per heavy atom. The van der Waals surface area contributed by atoms with E-state index in [0.717, 1.165) is 38.2 Å². The Labute approximate surface area is 200 Å². The number of rotatable bonds is 4. The minimum atomic E-state index is -4.53. The van der Waals surface area contributed by atoms with Crippen LogP contribution in [0, 0.1) is 0 Å². The minimum Gasteiger partial charge on any atom is -0.337 e. The Bertz CT molecular complexity index is 1180. The molecular weight excluding hydrogens is 459 g/mol. The van der Waals surface area contributed by atoms with Gasteiger partial charge < -0.3 is 14.4 Å². The molecule has 8 nitrogen and oxygen atoms in total. The zero-order chi connectivity index (χ0) is 24.6. The van der Waals surface area contributed by atoms with Gasteiger partial charge in [-0.1, -0.05) is 0 Å². The van der Waals surface area contributed by atoms with Gasteiger partial charge in [0.05, 0.1) is 0 Å². The van der Waals surface area contributed by atoms with Crippen molar-refractivity contribution in [1.29, 1.82) is 0 Å². The van der Waals surface area contributed by atoms with E-state index in [1.54, 1.807) is 24.0 Å². The number of amides is 1. The molecule has 3 aromatic rings. The van der Waals surface area contributed by atoms with Gasteiger partial charge in [-0.2, -0.15) is 13.2 Å². The molecule has 11 heteroatoms. The number of halogens is 3. The van der Waals surface area contributed by atoms with Crippen molar-refractivity contribution in [2.75, 3.05) is 26.2 Å². The fourth-order valence-corrected chi connectivity index (χ4v) is 5.01. The van der Waals surface area contributed by atoms with Gasteiger partial charge in [-0.3, -0.25) is 9.78 Å². The molecule has 2 fully saturated rings. The van der Waals surface area contributed by atoms with Crippen LogP contribution in [0.25, 0.3) is 22.6 Å². The van der Waals surface area contributed by atoms with E-state index in [4.69, 9.17) is 0 Å². The molecule has 0 unspecified atom stereocenters. The summed E-state index contributed by atoms with van der Waals surface area (Å²) in [6.07, 6.45) is 5.43. The van der Waals surface area contributed by atoms with E-state index in [2.05, 4.69) is 24.8 Å². The first-order valence-corrected chi connectivity index (χ1v) is 11.7. The fourth-order valence-electron chi connectivity index (χ4n) is 5.01. The van der Waals surface area contributed by atoms with Crippen LogP contribution in [0.4, 0.5) is 13.2 Å². The zero-order valence-electron chi connectivity index (χ0n) is 19.4. The summed E-state index contributed by atoms with van der Waals surface area (Å²) >= 11 is 0. The molecule has 184 valence electrons. The van der Waals surface area contributed by atoms with Crippen LogP contribution in [0.15, 0.2) is 37.1 Å². The highest BCUT2D eigenvalue weighted by Gasteiger charge is 2.34. The fraction of sp³-hybridized carbons (Fsp3) is 0.458. The third-order valence-electron chi connectivity index (χ3n) is 6.85. The average molecular weight is 486 g/mol. The lowest BCUT2D eigenvalue weighted by atomic mass is 10.0. The highest BCUT2D eigenvalue weighted by molar-refractivity contribution is 5.99. The molecule has 0 bridgehead atoms. The lowest BCUT2D eigenvalue weighted by molar-refractivity contribution is -0.141.